The van der Waals surface area contributed by atoms with E-state index in [9.17, 15) is 23.2 Å². The predicted octanol–water partition coefficient (Wildman–Crippen LogP) is 3.43. The van der Waals surface area contributed by atoms with Gasteiger partial charge in [-0.2, -0.15) is 8.78 Å². The van der Waals surface area contributed by atoms with Crippen molar-refractivity contribution in [1.29, 1.82) is 0 Å². The van der Waals surface area contributed by atoms with Crippen molar-refractivity contribution in [2.75, 3.05) is 33.2 Å². The maximum atomic E-state index is 13.2. The van der Waals surface area contributed by atoms with Crippen LogP contribution in [0.4, 0.5) is 19.3 Å². The van der Waals surface area contributed by atoms with Crippen molar-refractivity contribution in [3.8, 4) is 17.2 Å². The number of thioether (sulfide) groups is 1. The van der Waals surface area contributed by atoms with Gasteiger partial charge >= 0.3 is 6.03 Å². The van der Waals surface area contributed by atoms with Crippen LogP contribution in [0.25, 0.3) is 0 Å². The first-order valence-corrected chi connectivity index (χ1v) is 10.8. The summed E-state index contributed by atoms with van der Waals surface area (Å²) in [5.74, 6) is -3.21. The Morgan fingerprint density at radius 1 is 1.12 bits per heavy atom. The Bertz CT molecular complexity index is 1090. The van der Waals surface area contributed by atoms with E-state index in [0.717, 1.165) is 4.90 Å². The number of amides is 4. The number of hydrogen-bond donors (Lipinski definition) is 2. The first-order valence-electron chi connectivity index (χ1n) is 9.92. The number of halogens is 2. The highest BCUT2D eigenvalue weighted by Gasteiger charge is 2.50. The summed E-state index contributed by atoms with van der Waals surface area (Å²) in [4.78, 5) is 39.4. The molecule has 2 N–H and O–H groups in total. The molecule has 0 saturated carbocycles. The summed E-state index contributed by atoms with van der Waals surface area (Å²) in [5, 5.41) is 5.07. The fraction of sp³-hybridized carbons (Fsp3) is 0.318. The summed E-state index contributed by atoms with van der Waals surface area (Å²) >= 11 is 0.276. The van der Waals surface area contributed by atoms with Gasteiger partial charge in [-0.15, -0.1) is 0 Å². The number of ether oxygens (including phenoxy) is 3. The van der Waals surface area contributed by atoms with E-state index in [1.165, 1.54) is 52.5 Å². The van der Waals surface area contributed by atoms with E-state index in [2.05, 4.69) is 10.6 Å². The zero-order valence-corrected chi connectivity index (χ0v) is 19.6. The van der Waals surface area contributed by atoms with Crippen LogP contribution in [-0.4, -0.2) is 56.4 Å². The molecule has 0 radical (unpaired) electrons. The van der Waals surface area contributed by atoms with Crippen LogP contribution < -0.4 is 24.8 Å². The molecule has 1 saturated heterocycles. The quantitative estimate of drug-likeness (QED) is 0.406. The van der Waals surface area contributed by atoms with Crippen molar-refractivity contribution in [2.24, 2.45) is 0 Å². The molecule has 0 aromatic heterocycles. The van der Waals surface area contributed by atoms with Gasteiger partial charge in [0.25, 0.3) is 11.7 Å². The minimum atomic E-state index is -2.68. The molecule has 182 valence electrons. The SMILES string of the molecule is COc1cc([C@]2(C)NC(=O)N(CC(=O)Nc3ccccc3SC(F)F)C2=O)cc(OC)c1OC. The van der Waals surface area contributed by atoms with Gasteiger partial charge in [0.1, 0.15) is 12.1 Å². The highest BCUT2D eigenvalue weighted by atomic mass is 32.2. The Kier molecular flexibility index (Phi) is 7.50. The van der Waals surface area contributed by atoms with Gasteiger partial charge < -0.3 is 24.8 Å². The number of para-hydroxylation sites is 1. The second-order valence-corrected chi connectivity index (χ2v) is 8.32. The number of benzene rings is 2. The Hall–Kier alpha value is -3.54. The molecule has 3 rings (SSSR count). The highest BCUT2D eigenvalue weighted by molar-refractivity contribution is 7.99. The third kappa shape index (κ3) is 4.86. The summed E-state index contributed by atoms with van der Waals surface area (Å²) in [6.45, 7) is 0.874. The molecule has 0 aliphatic carbocycles. The third-order valence-corrected chi connectivity index (χ3v) is 5.98. The minimum absolute atomic E-state index is 0.150. The zero-order valence-electron chi connectivity index (χ0n) is 18.8. The molecule has 9 nitrogen and oxygen atoms in total. The molecule has 2 aromatic rings. The van der Waals surface area contributed by atoms with E-state index in [0.29, 0.717) is 11.3 Å². The van der Waals surface area contributed by atoms with Crippen molar-refractivity contribution in [1.82, 2.24) is 10.2 Å². The molecule has 1 atom stereocenters. The van der Waals surface area contributed by atoms with Gasteiger partial charge in [-0.25, -0.2) is 4.79 Å². The molecule has 1 aliphatic rings. The number of urea groups is 1. The van der Waals surface area contributed by atoms with Crippen molar-refractivity contribution in [3.05, 3.63) is 42.0 Å². The van der Waals surface area contributed by atoms with Crippen LogP contribution >= 0.6 is 11.8 Å². The molecular formula is C22H23F2N3O6S. The first-order chi connectivity index (χ1) is 16.1. The third-order valence-electron chi connectivity index (χ3n) is 5.20. The van der Waals surface area contributed by atoms with Crippen LogP contribution in [0.3, 0.4) is 0 Å². The van der Waals surface area contributed by atoms with E-state index in [1.807, 2.05) is 0 Å². The number of alkyl halides is 2. The summed E-state index contributed by atoms with van der Waals surface area (Å²) in [5.41, 5.74) is -1.02. The summed E-state index contributed by atoms with van der Waals surface area (Å²) in [7, 11) is 4.26. The van der Waals surface area contributed by atoms with E-state index >= 15 is 0 Å². The summed E-state index contributed by atoms with van der Waals surface area (Å²) in [6.07, 6.45) is 0. The summed E-state index contributed by atoms with van der Waals surface area (Å²) < 4.78 is 41.5. The molecule has 0 bridgehead atoms. The lowest BCUT2D eigenvalue weighted by Crippen LogP contribution is -2.42. The number of rotatable bonds is 9. The van der Waals surface area contributed by atoms with Crippen molar-refractivity contribution < 1.29 is 37.4 Å². The van der Waals surface area contributed by atoms with Crippen LogP contribution in [0.5, 0.6) is 17.2 Å². The number of anilines is 1. The number of methoxy groups -OCH3 is 3. The van der Waals surface area contributed by atoms with Crippen LogP contribution in [-0.2, 0) is 15.1 Å². The molecule has 1 aliphatic heterocycles. The van der Waals surface area contributed by atoms with Crippen LogP contribution in [0.2, 0.25) is 0 Å². The lowest BCUT2D eigenvalue weighted by atomic mass is 9.91. The van der Waals surface area contributed by atoms with Gasteiger partial charge in [-0.1, -0.05) is 23.9 Å². The molecular weight excluding hydrogens is 472 g/mol. The molecule has 1 fully saturated rings. The normalized spacial score (nSPS) is 17.6. The smallest absolute Gasteiger partial charge is 0.325 e. The average Bonchev–Trinajstić information content (AvgIpc) is 3.02. The number of carbonyl (C=O) groups excluding carboxylic acids is 3. The number of nitrogens with one attached hydrogen (secondary N) is 2. The molecule has 12 heteroatoms. The Morgan fingerprint density at radius 3 is 2.29 bits per heavy atom. The maximum Gasteiger partial charge on any atom is 0.325 e. The molecule has 1 heterocycles. The van der Waals surface area contributed by atoms with Crippen LogP contribution in [0, 0.1) is 0 Å². The average molecular weight is 496 g/mol. The molecule has 34 heavy (non-hydrogen) atoms. The lowest BCUT2D eigenvalue weighted by Gasteiger charge is -2.24. The largest absolute Gasteiger partial charge is 0.493 e. The van der Waals surface area contributed by atoms with Gasteiger partial charge in [0.2, 0.25) is 11.7 Å². The Labute approximate surface area is 198 Å². The van der Waals surface area contributed by atoms with Crippen LogP contribution in [0.15, 0.2) is 41.3 Å². The van der Waals surface area contributed by atoms with Crippen molar-refractivity contribution in [3.63, 3.8) is 0 Å². The van der Waals surface area contributed by atoms with E-state index in [4.69, 9.17) is 14.2 Å². The standard InChI is InChI=1S/C22H23F2N3O6S/c1-22(12-9-14(31-2)18(33-4)15(10-12)32-3)19(29)27(21(30)26-22)11-17(28)25-13-7-5-6-8-16(13)34-20(23)24/h5-10,20H,11H2,1-4H3,(H,25,28)(H,26,30)/t22-/m0/s1. The molecule has 4 amide bonds. The van der Waals surface area contributed by atoms with Gasteiger partial charge in [0.05, 0.1) is 27.0 Å². The highest BCUT2D eigenvalue weighted by Crippen LogP contribution is 2.42. The van der Waals surface area contributed by atoms with Gasteiger partial charge in [0, 0.05) is 4.90 Å². The monoisotopic (exact) mass is 495 g/mol. The second-order valence-electron chi connectivity index (χ2n) is 7.28. The fourth-order valence-electron chi connectivity index (χ4n) is 3.51. The van der Waals surface area contributed by atoms with Crippen molar-refractivity contribution >= 4 is 35.3 Å². The van der Waals surface area contributed by atoms with Gasteiger partial charge in [-0.3, -0.25) is 14.5 Å². The molecule has 0 unspecified atom stereocenters. The fourth-order valence-corrected chi connectivity index (χ4v) is 4.10. The maximum absolute atomic E-state index is 13.2. The number of hydrogen-bond acceptors (Lipinski definition) is 7. The van der Waals surface area contributed by atoms with Gasteiger partial charge in [0.15, 0.2) is 11.5 Å². The number of carbonyl (C=O) groups is 3. The Balaban J connectivity index is 1.83. The first kappa shape index (κ1) is 25.1. The predicted molar refractivity (Wildman–Crippen MR) is 121 cm³/mol. The second kappa shape index (κ2) is 10.2. The minimum Gasteiger partial charge on any atom is -0.493 e. The molecule has 2 aromatic carbocycles. The van der Waals surface area contributed by atoms with Crippen molar-refractivity contribution in [2.45, 2.75) is 23.1 Å². The Morgan fingerprint density at radius 2 is 1.74 bits per heavy atom. The molecule has 0 spiro atoms. The topological polar surface area (TPSA) is 106 Å². The number of nitrogens with zero attached hydrogens (tertiary/aromatic N) is 1. The number of imide groups is 1. The van der Waals surface area contributed by atoms with E-state index in [1.54, 1.807) is 12.1 Å². The summed E-state index contributed by atoms with van der Waals surface area (Å²) in [6, 6.07) is 8.28. The lowest BCUT2D eigenvalue weighted by molar-refractivity contribution is -0.133. The van der Waals surface area contributed by atoms with Crippen LogP contribution in [0.1, 0.15) is 12.5 Å². The zero-order chi connectivity index (χ0) is 25.0. The van der Waals surface area contributed by atoms with E-state index < -0.39 is 35.7 Å². The van der Waals surface area contributed by atoms with Gasteiger partial charge in [-0.05, 0) is 36.8 Å². The van der Waals surface area contributed by atoms with E-state index in [-0.39, 0.29) is 33.8 Å².